The lowest BCUT2D eigenvalue weighted by Gasteiger charge is -2.12. The average molecular weight is 302 g/mol. The van der Waals surface area contributed by atoms with Gasteiger partial charge in [0.1, 0.15) is 5.76 Å². The molecule has 2 amide bonds. The van der Waals surface area contributed by atoms with Gasteiger partial charge in [0.2, 0.25) is 0 Å². The molecule has 0 spiro atoms. The van der Waals surface area contributed by atoms with Gasteiger partial charge in [0.25, 0.3) is 0 Å². The molecule has 0 aliphatic rings. The van der Waals surface area contributed by atoms with Crippen molar-refractivity contribution >= 4 is 17.6 Å². The number of halogens is 1. The second-order valence-corrected chi connectivity index (χ2v) is 6.13. The highest BCUT2D eigenvalue weighted by Crippen LogP contribution is 2.24. The van der Waals surface area contributed by atoms with E-state index in [1.165, 1.54) is 0 Å². The predicted molar refractivity (Wildman–Crippen MR) is 80.4 cm³/mol. The van der Waals surface area contributed by atoms with Crippen molar-refractivity contribution in [1.29, 1.82) is 0 Å². The fourth-order valence-electron chi connectivity index (χ4n) is 1.65. The molecule has 114 valence electrons. The van der Waals surface area contributed by atoms with Crippen LogP contribution in [-0.2, 0) is 11.8 Å². The van der Waals surface area contributed by atoms with Crippen molar-refractivity contribution in [2.24, 2.45) is 0 Å². The average Bonchev–Trinajstić information content (AvgIpc) is 2.73. The van der Waals surface area contributed by atoms with Crippen LogP contribution in [0.1, 0.15) is 44.5 Å². The van der Waals surface area contributed by atoms with Crippen LogP contribution in [0.2, 0.25) is 0 Å². The van der Waals surface area contributed by atoms with Gasteiger partial charge in [-0.1, -0.05) is 20.8 Å². The minimum Gasteiger partial charge on any atom is -0.445 e. The molecule has 0 bridgehead atoms. The third kappa shape index (κ3) is 5.41. The van der Waals surface area contributed by atoms with Crippen LogP contribution in [0, 0.1) is 6.92 Å². The molecule has 5 nitrogen and oxygen atoms in total. The molecular formula is C14H24ClN3O2. The summed E-state index contributed by atoms with van der Waals surface area (Å²) in [7, 11) is 0. The Balaban J connectivity index is 2.36. The van der Waals surface area contributed by atoms with Crippen molar-refractivity contribution in [3.05, 3.63) is 17.3 Å². The Kier molecular flexibility index (Phi) is 6.33. The number of rotatable bonds is 6. The highest BCUT2D eigenvalue weighted by atomic mass is 35.5. The van der Waals surface area contributed by atoms with E-state index in [-0.39, 0.29) is 11.4 Å². The Morgan fingerprint density at radius 2 is 1.95 bits per heavy atom. The monoisotopic (exact) mass is 301 g/mol. The number of alkyl halides is 1. The first-order valence-electron chi connectivity index (χ1n) is 6.89. The van der Waals surface area contributed by atoms with E-state index in [0.717, 1.165) is 30.2 Å². The van der Waals surface area contributed by atoms with Gasteiger partial charge in [0.15, 0.2) is 5.89 Å². The number of hydrogen-bond donors (Lipinski definition) is 2. The molecule has 2 N–H and O–H groups in total. The maximum absolute atomic E-state index is 11.3. The first kappa shape index (κ1) is 16.8. The van der Waals surface area contributed by atoms with Crippen molar-refractivity contribution in [2.75, 3.05) is 19.0 Å². The zero-order valence-electron chi connectivity index (χ0n) is 12.7. The second-order valence-electron chi connectivity index (χ2n) is 5.75. The Morgan fingerprint density at radius 3 is 2.50 bits per heavy atom. The lowest BCUT2D eigenvalue weighted by atomic mass is 9.97. The summed E-state index contributed by atoms with van der Waals surface area (Å²) < 4.78 is 5.79. The van der Waals surface area contributed by atoms with Crippen LogP contribution in [0.15, 0.2) is 4.42 Å². The van der Waals surface area contributed by atoms with Crippen LogP contribution in [0.3, 0.4) is 0 Å². The number of aryl methyl sites for hydroxylation is 2. The molecule has 20 heavy (non-hydrogen) atoms. The molecule has 0 aromatic carbocycles. The van der Waals surface area contributed by atoms with E-state index in [4.69, 9.17) is 16.0 Å². The number of carbonyl (C=O) groups is 1. The van der Waals surface area contributed by atoms with E-state index >= 15 is 0 Å². The minimum absolute atomic E-state index is 0.0806. The largest absolute Gasteiger partial charge is 0.445 e. The molecule has 1 heterocycles. The van der Waals surface area contributed by atoms with Gasteiger partial charge in [-0.15, -0.1) is 11.6 Å². The van der Waals surface area contributed by atoms with Gasteiger partial charge in [0.05, 0.1) is 5.69 Å². The molecule has 0 aliphatic heterocycles. The summed E-state index contributed by atoms with van der Waals surface area (Å²) >= 11 is 5.48. The molecule has 0 aliphatic carbocycles. The van der Waals surface area contributed by atoms with E-state index in [1.54, 1.807) is 0 Å². The molecule has 0 radical (unpaired) electrons. The van der Waals surface area contributed by atoms with Gasteiger partial charge in [-0.25, -0.2) is 9.78 Å². The van der Waals surface area contributed by atoms with Crippen LogP contribution in [0.5, 0.6) is 0 Å². The lowest BCUT2D eigenvalue weighted by molar-refractivity contribution is 0.241. The summed E-state index contributed by atoms with van der Waals surface area (Å²) in [6, 6.07) is -0.185. The van der Waals surface area contributed by atoms with Gasteiger partial charge in [0, 0.05) is 30.8 Å². The smallest absolute Gasteiger partial charge is 0.314 e. The zero-order valence-corrected chi connectivity index (χ0v) is 13.4. The van der Waals surface area contributed by atoms with Gasteiger partial charge in [-0.05, 0) is 13.3 Å². The van der Waals surface area contributed by atoms with Gasteiger partial charge in [-0.3, -0.25) is 0 Å². The topological polar surface area (TPSA) is 67.2 Å². The lowest BCUT2D eigenvalue weighted by Crippen LogP contribution is -2.37. The quantitative estimate of drug-likeness (QED) is 0.627. The second kappa shape index (κ2) is 7.53. The van der Waals surface area contributed by atoms with Gasteiger partial charge in [-0.2, -0.15) is 0 Å². The molecule has 0 saturated heterocycles. The van der Waals surface area contributed by atoms with Crippen molar-refractivity contribution in [3.63, 3.8) is 0 Å². The Bertz CT molecular complexity index is 438. The zero-order chi connectivity index (χ0) is 15.2. The number of aromatic nitrogens is 1. The summed E-state index contributed by atoms with van der Waals surface area (Å²) in [5, 5.41) is 5.42. The maximum Gasteiger partial charge on any atom is 0.314 e. The van der Waals surface area contributed by atoms with E-state index in [1.807, 2.05) is 6.92 Å². The molecular weight excluding hydrogens is 278 g/mol. The highest BCUT2D eigenvalue weighted by Gasteiger charge is 2.21. The number of amides is 2. The maximum atomic E-state index is 11.3. The van der Waals surface area contributed by atoms with E-state index in [0.29, 0.717) is 19.0 Å². The van der Waals surface area contributed by atoms with Gasteiger partial charge < -0.3 is 15.1 Å². The molecule has 0 saturated carbocycles. The third-order valence-electron chi connectivity index (χ3n) is 2.78. The van der Waals surface area contributed by atoms with E-state index in [2.05, 4.69) is 36.4 Å². The van der Waals surface area contributed by atoms with Crippen LogP contribution in [-0.4, -0.2) is 30.0 Å². The summed E-state index contributed by atoms with van der Waals surface area (Å²) in [4.78, 5) is 15.8. The standard InChI is InChI=1S/C14H24ClN3O2/c1-10-11(20-12(18-10)14(2,3)4)6-5-8-16-13(19)17-9-7-15/h5-9H2,1-4H3,(H2,16,17,19). The molecule has 0 unspecified atom stereocenters. The fourth-order valence-corrected chi connectivity index (χ4v) is 1.75. The van der Waals surface area contributed by atoms with Crippen molar-refractivity contribution in [2.45, 2.75) is 46.0 Å². The molecule has 0 atom stereocenters. The normalized spacial score (nSPS) is 11.4. The number of nitrogens with zero attached hydrogens (tertiary/aromatic N) is 1. The molecule has 0 fully saturated rings. The summed E-state index contributed by atoms with van der Waals surface area (Å²) in [5.74, 6) is 2.08. The van der Waals surface area contributed by atoms with E-state index < -0.39 is 0 Å². The van der Waals surface area contributed by atoms with Crippen molar-refractivity contribution in [3.8, 4) is 0 Å². The third-order valence-corrected chi connectivity index (χ3v) is 2.97. The molecule has 1 aromatic rings. The first-order chi connectivity index (χ1) is 9.34. The number of oxazole rings is 1. The SMILES string of the molecule is Cc1nc(C(C)(C)C)oc1CCCNC(=O)NCCCl. The molecule has 1 aromatic heterocycles. The highest BCUT2D eigenvalue weighted by molar-refractivity contribution is 6.18. The van der Waals surface area contributed by atoms with Crippen LogP contribution in [0.25, 0.3) is 0 Å². The van der Waals surface area contributed by atoms with Crippen molar-refractivity contribution < 1.29 is 9.21 Å². The first-order valence-corrected chi connectivity index (χ1v) is 7.42. The summed E-state index contributed by atoms with van der Waals surface area (Å²) in [6.07, 6.45) is 1.58. The number of carbonyl (C=O) groups excluding carboxylic acids is 1. The molecule has 6 heteroatoms. The van der Waals surface area contributed by atoms with Crippen LogP contribution in [0.4, 0.5) is 4.79 Å². The fraction of sp³-hybridized carbons (Fsp3) is 0.714. The van der Waals surface area contributed by atoms with Crippen LogP contribution >= 0.6 is 11.6 Å². The number of hydrogen-bond acceptors (Lipinski definition) is 3. The number of urea groups is 1. The van der Waals surface area contributed by atoms with Gasteiger partial charge >= 0.3 is 6.03 Å². The van der Waals surface area contributed by atoms with Crippen molar-refractivity contribution in [1.82, 2.24) is 15.6 Å². The predicted octanol–water partition coefficient (Wildman–Crippen LogP) is 2.75. The minimum atomic E-state index is -0.185. The Hall–Kier alpha value is -1.23. The number of nitrogens with one attached hydrogen (secondary N) is 2. The Morgan fingerprint density at radius 1 is 1.30 bits per heavy atom. The van der Waals surface area contributed by atoms with E-state index in [9.17, 15) is 4.79 Å². The Labute approximate surface area is 125 Å². The summed E-state index contributed by atoms with van der Waals surface area (Å²) in [6.45, 7) is 9.25. The van der Waals surface area contributed by atoms with Crippen LogP contribution < -0.4 is 10.6 Å². The summed E-state index contributed by atoms with van der Waals surface area (Å²) in [5.41, 5.74) is 0.851. The molecule has 1 rings (SSSR count).